The summed E-state index contributed by atoms with van der Waals surface area (Å²) in [6.45, 7) is 8.09. The number of hydrogen-bond acceptors (Lipinski definition) is 9. The van der Waals surface area contributed by atoms with Gasteiger partial charge in [0.15, 0.2) is 22.2 Å². The number of benzene rings is 1. The molecular weight excluding hydrogens is 462 g/mol. The Labute approximate surface area is 200 Å². The predicted molar refractivity (Wildman–Crippen MR) is 128 cm³/mol. The number of nitrogens with zero attached hydrogens (tertiary/aromatic N) is 4. The van der Waals surface area contributed by atoms with Crippen molar-refractivity contribution in [2.24, 2.45) is 7.05 Å². The molecule has 0 fully saturated rings. The summed E-state index contributed by atoms with van der Waals surface area (Å²) < 4.78 is 12.8. The van der Waals surface area contributed by atoms with Gasteiger partial charge in [-0.1, -0.05) is 17.8 Å². The van der Waals surface area contributed by atoms with Crippen LogP contribution in [0, 0.1) is 13.8 Å². The number of thiazole rings is 1. The minimum Gasteiger partial charge on any atom is -0.483 e. The summed E-state index contributed by atoms with van der Waals surface area (Å²) in [5.41, 5.74) is 2.93. The van der Waals surface area contributed by atoms with Crippen molar-refractivity contribution in [3.05, 3.63) is 46.2 Å². The summed E-state index contributed by atoms with van der Waals surface area (Å²) in [6.07, 6.45) is -0.222. The number of hydrogen-bond donors (Lipinski definition) is 1. The maximum atomic E-state index is 12.3. The van der Waals surface area contributed by atoms with Crippen LogP contribution in [0.5, 0.6) is 5.75 Å². The second-order valence-electron chi connectivity index (χ2n) is 7.37. The number of aryl methyl sites for hydroxylation is 2. The molecule has 1 unspecified atom stereocenters. The molecule has 2 aromatic heterocycles. The lowest BCUT2D eigenvalue weighted by Crippen LogP contribution is -2.15. The molecular formula is C22H27N5O4S2. The van der Waals surface area contributed by atoms with Gasteiger partial charge in [-0.25, -0.2) is 4.98 Å². The van der Waals surface area contributed by atoms with Crippen molar-refractivity contribution >= 4 is 40.1 Å². The van der Waals surface area contributed by atoms with E-state index in [0.29, 0.717) is 28.4 Å². The van der Waals surface area contributed by atoms with Crippen molar-refractivity contribution in [2.75, 3.05) is 17.7 Å². The average molecular weight is 490 g/mol. The molecule has 33 heavy (non-hydrogen) atoms. The van der Waals surface area contributed by atoms with Gasteiger partial charge in [0, 0.05) is 12.4 Å². The lowest BCUT2D eigenvalue weighted by molar-refractivity contribution is -0.142. The molecule has 0 radical (unpaired) electrons. The Hall–Kier alpha value is -2.92. The third kappa shape index (κ3) is 6.78. The number of nitrogens with one attached hydrogen (secondary N) is 1. The fourth-order valence-electron chi connectivity index (χ4n) is 2.94. The normalized spacial score (nSPS) is 11.8. The first kappa shape index (κ1) is 24.7. The van der Waals surface area contributed by atoms with E-state index in [2.05, 4.69) is 27.4 Å². The number of thioether (sulfide) groups is 1. The summed E-state index contributed by atoms with van der Waals surface area (Å²) in [5.74, 6) is 1.02. The number of ether oxygens (including phenoxy) is 2. The van der Waals surface area contributed by atoms with E-state index in [4.69, 9.17) is 9.47 Å². The van der Waals surface area contributed by atoms with E-state index in [-0.39, 0.29) is 30.2 Å². The summed E-state index contributed by atoms with van der Waals surface area (Å²) >= 11 is 2.54. The van der Waals surface area contributed by atoms with E-state index in [1.54, 1.807) is 12.3 Å². The molecule has 1 N–H and O–H groups in total. The third-order valence-electron chi connectivity index (χ3n) is 4.78. The maximum Gasteiger partial charge on any atom is 0.311 e. The van der Waals surface area contributed by atoms with Crippen LogP contribution in [-0.4, -0.2) is 44.0 Å². The molecule has 2 heterocycles. The van der Waals surface area contributed by atoms with E-state index < -0.39 is 0 Å². The van der Waals surface area contributed by atoms with Crippen molar-refractivity contribution in [3.63, 3.8) is 0 Å². The van der Waals surface area contributed by atoms with Crippen LogP contribution in [-0.2, 0) is 27.8 Å². The number of aromatic nitrogens is 4. The van der Waals surface area contributed by atoms with Crippen LogP contribution in [0.4, 0.5) is 5.13 Å². The number of rotatable bonds is 10. The quantitative estimate of drug-likeness (QED) is 0.338. The molecule has 1 aromatic carbocycles. The molecule has 0 saturated heterocycles. The SMILES string of the molecule is CCOC(=O)Cc1csc(NC(=O)CSc2nnc(C(C)Oc3ccc(C)c(C)c3)n2C)n1. The predicted octanol–water partition coefficient (Wildman–Crippen LogP) is 3.86. The first-order valence-corrected chi connectivity index (χ1v) is 12.3. The zero-order valence-corrected chi connectivity index (χ0v) is 20.9. The van der Waals surface area contributed by atoms with Crippen LogP contribution in [0.15, 0.2) is 28.7 Å². The van der Waals surface area contributed by atoms with E-state index >= 15 is 0 Å². The van der Waals surface area contributed by atoms with Gasteiger partial charge >= 0.3 is 5.97 Å². The van der Waals surface area contributed by atoms with Crippen LogP contribution < -0.4 is 10.1 Å². The molecule has 11 heteroatoms. The highest BCUT2D eigenvalue weighted by molar-refractivity contribution is 7.99. The summed E-state index contributed by atoms with van der Waals surface area (Å²) in [5, 5.41) is 14.0. The summed E-state index contributed by atoms with van der Waals surface area (Å²) in [7, 11) is 1.85. The van der Waals surface area contributed by atoms with Gasteiger partial charge in [0.1, 0.15) is 5.75 Å². The van der Waals surface area contributed by atoms with Gasteiger partial charge in [0.2, 0.25) is 5.91 Å². The molecule has 0 aliphatic rings. The van der Waals surface area contributed by atoms with Crippen molar-refractivity contribution in [3.8, 4) is 5.75 Å². The highest BCUT2D eigenvalue weighted by Gasteiger charge is 2.19. The minimum atomic E-state index is -0.343. The average Bonchev–Trinajstić information content (AvgIpc) is 3.35. The molecule has 1 atom stereocenters. The van der Waals surface area contributed by atoms with Crippen molar-refractivity contribution in [1.29, 1.82) is 0 Å². The molecule has 176 valence electrons. The molecule has 0 saturated carbocycles. The Balaban J connectivity index is 1.52. The molecule has 0 spiro atoms. The van der Waals surface area contributed by atoms with Gasteiger partial charge in [-0.15, -0.1) is 21.5 Å². The Morgan fingerprint density at radius 2 is 2.03 bits per heavy atom. The molecule has 0 bridgehead atoms. The Bertz CT molecular complexity index is 1130. The molecule has 0 aliphatic carbocycles. The van der Waals surface area contributed by atoms with E-state index in [9.17, 15) is 9.59 Å². The van der Waals surface area contributed by atoms with Crippen molar-refractivity contribution in [1.82, 2.24) is 19.7 Å². The highest BCUT2D eigenvalue weighted by Crippen LogP contribution is 2.25. The topological polar surface area (TPSA) is 108 Å². The second kappa shape index (κ2) is 11.3. The summed E-state index contributed by atoms with van der Waals surface area (Å²) in [6, 6.07) is 5.96. The van der Waals surface area contributed by atoms with Crippen LogP contribution in [0.1, 0.15) is 42.6 Å². The molecule has 9 nitrogen and oxygen atoms in total. The largest absolute Gasteiger partial charge is 0.483 e. The van der Waals surface area contributed by atoms with Crippen molar-refractivity contribution < 1.29 is 19.1 Å². The Morgan fingerprint density at radius 3 is 2.76 bits per heavy atom. The zero-order chi connectivity index (χ0) is 24.0. The molecule has 3 rings (SSSR count). The molecule has 3 aromatic rings. The fraction of sp³-hybridized carbons (Fsp3) is 0.409. The molecule has 1 amide bonds. The standard InChI is InChI=1S/C22H27N5O4S2/c1-6-30-19(29)10-16-11-32-21(23-16)24-18(28)12-33-22-26-25-20(27(22)5)15(4)31-17-8-7-13(2)14(3)9-17/h7-9,11,15H,6,10,12H2,1-5H3,(H,23,24,28). The highest BCUT2D eigenvalue weighted by atomic mass is 32.2. The Kier molecular flexibility index (Phi) is 8.45. The van der Waals surface area contributed by atoms with E-state index in [1.807, 2.05) is 43.7 Å². The number of carbonyl (C=O) groups excluding carboxylic acids is 2. The maximum absolute atomic E-state index is 12.3. The van der Waals surface area contributed by atoms with Crippen LogP contribution in [0.2, 0.25) is 0 Å². The molecule has 0 aliphatic heterocycles. The Morgan fingerprint density at radius 1 is 1.24 bits per heavy atom. The van der Waals surface area contributed by atoms with Crippen LogP contribution >= 0.6 is 23.1 Å². The van der Waals surface area contributed by atoms with Gasteiger partial charge < -0.3 is 19.4 Å². The lowest BCUT2D eigenvalue weighted by Gasteiger charge is -2.15. The van der Waals surface area contributed by atoms with Crippen molar-refractivity contribution in [2.45, 2.75) is 45.4 Å². The third-order valence-corrected chi connectivity index (χ3v) is 6.61. The van der Waals surface area contributed by atoms with Crippen LogP contribution in [0.3, 0.4) is 0 Å². The monoisotopic (exact) mass is 489 g/mol. The number of carbonyl (C=O) groups is 2. The van der Waals surface area contributed by atoms with E-state index in [0.717, 1.165) is 11.3 Å². The zero-order valence-electron chi connectivity index (χ0n) is 19.2. The summed E-state index contributed by atoms with van der Waals surface area (Å²) in [4.78, 5) is 28.1. The van der Waals surface area contributed by atoms with Gasteiger partial charge in [-0.2, -0.15) is 0 Å². The lowest BCUT2D eigenvalue weighted by atomic mass is 10.1. The smallest absolute Gasteiger partial charge is 0.311 e. The number of amides is 1. The van der Waals surface area contributed by atoms with Crippen LogP contribution in [0.25, 0.3) is 0 Å². The van der Waals surface area contributed by atoms with E-state index in [1.165, 1.54) is 28.7 Å². The number of esters is 1. The van der Waals surface area contributed by atoms with Gasteiger partial charge in [0.25, 0.3) is 0 Å². The fourth-order valence-corrected chi connectivity index (χ4v) is 4.39. The first-order valence-electron chi connectivity index (χ1n) is 10.4. The first-order chi connectivity index (χ1) is 15.8. The number of anilines is 1. The van der Waals surface area contributed by atoms with Gasteiger partial charge in [-0.3, -0.25) is 9.59 Å². The minimum absolute atomic E-state index is 0.0824. The second-order valence-corrected chi connectivity index (χ2v) is 9.17. The van der Waals surface area contributed by atoms with Gasteiger partial charge in [0.05, 0.1) is 24.5 Å². The van der Waals surface area contributed by atoms with Gasteiger partial charge in [-0.05, 0) is 51.0 Å².